The second-order valence-corrected chi connectivity index (χ2v) is 4.78. The van der Waals surface area contributed by atoms with E-state index in [1.54, 1.807) is 6.20 Å². The van der Waals surface area contributed by atoms with Gasteiger partial charge in [-0.1, -0.05) is 47.4 Å². The van der Waals surface area contributed by atoms with Crippen molar-refractivity contribution < 1.29 is 4.92 Å². The van der Waals surface area contributed by atoms with Gasteiger partial charge in [-0.15, -0.1) is 0 Å². The highest BCUT2D eigenvalue weighted by Crippen LogP contribution is 2.16. The Balaban J connectivity index is 1.72. The quantitative estimate of drug-likeness (QED) is 0.412. The summed E-state index contributed by atoms with van der Waals surface area (Å²) in [6.45, 7) is 0.887. The lowest BCUT2D eigenvalue weighted by molar-refractivity contribution is -0.396. The summed E-state index contributed by atoms with van der Waals surface area (Å²) in [5.41, 5.74) is 1.04. The Morgan fingerprint density at radius 2 is 2.05 bits per heavy atom. The van der Waals surface area contributed by atoms with E-state index in [0.717, 1.165) is 16.3 Å². The normalized spacial score (nSPS) is 11.3. The van der Waals surface area contributed by atoms with E-state index in [4.69, 9.17) is 0 Å². The molecule has 110 valence electrons. The minimum Gasteiger partial charge on any atom is -0.390 e. The van der Waals surface area contributed by atoms with Crippen molar-refractivity contribution in [2.45, 2.75) is 6.54 Å². The van der Waals surface area contributed by atoms with Gasteiger partial charge in [0.05, 0.1) is 13.1 Å². The molecule has 2 aromatic carbocycles. The average Bonchev–Trinajstić information content (AvgIpc) is 3.00. The van der Waals surface area contributed by atoms with E-state index in [-0.39, 0.29) is 5.95 Å². The molecule has 0 fully saturated rings. The molecule has 3 rings (SSSR count). The first-order chi connectivity index (χ1) is 10.8. The Morgan fingerprint density at radius 1 is 1.23 bits per heavy atom. The van der Waals surface area contributed by atoms with Crippen LogP contribution in [0.15, 0.2) is 59.9 Å². The molecular weight excluding hydrogens is 280 g/mol. The van der Waals surface area contributed by atoms with Gasteiger partial charge in [0.15, 0.2) is 0 Å². The van der Waals surface area contributed by atoms with Crippen molar-refractivity contribution in [1.82, 2.24) is 9.55 Å². The maximum Gasteiger partial charge on any atom is 0.434 e. The van der Waals surface area contributed by atoms with Crippen LogP contribution in [0.3, 0.4) is 0 Å². The Morgan fingerprint density at radius 3 is 2.91 bits per heavy atom. The fourth-order valence-corrected chi connectivity index (χ4v) is 2.34. The smallest absolute Gasteiger partial charge is 0.390 e. The molecule has 1 heterocycles. The molecule has 0 amide bonds. The molecule has 6 heteroatoms. The zero-order valence-electron chi connectivity index (χ0n) is 11.8. The maximum atomic E-state index is 10.8. The van der Waals surface area contributed by atoms with Crippen LogP contribution in [0.25, 0.3) is 10.8 Å². The van der Waals surface area contributed by atoms with Crippen LogP contribution in [0, 0.1) is 10.1 Å². The van der Waals surface area contributed by atoms with Gasteiger partial charge in [-0.2, -0.15) is 0 Å². The number of rotatable bonds is 5. The third kappa shape index (κ3) is 2.85. The first-order valence-electron chi connectivity index (χ1n) is 6.89. The average molecular weight is 294 g/mol. The van der Waals surface area contributed by atoms with E-state index in [0.29, 0.717) is 13.1 Å². The van der Waals surface area contributed by atoms with Gasteiger partial charge < -0.3 is 10.1 Å². The number of nitro groups is 1. The fourth-order valence-electron chi connectivity index (χ4n) is 2.34. The van der Waals surface area contributed by atoms with Crippen LogP contribution in [0.4, 0.5) is 5.95 Å². The van der Waals surface area contributed by atoms with Gasteiger partial charge in [0.1, 0.15) is 12.4 Å². The summed E-state index contributed by atoms with van der Waals surface area (Å²) in [5.74, 6) is -0.152. The van der Waals surface area contributed by atoms with Crippen molar-refractivity contribution in [2.24, 2.45) is 4.99 Å². The summed E-state index contributed by atoms with van der Waals surface area (Å²) in [6, 6.07) is 14.2. The van der Waals surface area contributed by atoms with Gasteiger partial charge in [0, 0.05) is 11.8 Å². The Kier molecular flexibility index (Phi) is 3.91. The molecule has 0 aliphatic heterocycles. The lowest BCUT2D eigenvalue weighted by Crippen LogP contribution is -2.05. The van der Waals surface area contributed by atoms with E-state index in [1.165, 1.54) is 10.8 Å². The summed E-state index contributed by atoms with van der Waals surface area (Å²) in [7, 11) is 0. The number of hydrogen-bond acceptors (Lipinski definition) is 4. The number of aliphatic imine (C=N–C) groups is 1. The number of aromatic nitrogens is 2. The highest BCUT2D eigenvalue weighted by molar-refractivity contribution is 5.99. The van der Waals surface area contributed by atoms with Gasteiger partial charge >= 0.3 is 5.95 Å². The number of benzene rings is 2. The largest absolute Gasteiger partial charge is 0.434 e. The molecule has 0 N–H and O–H groups in total. The second-order valence-electron chi connectivity index (χ2n) is 4.78. The van der Waals surface area contributed by atoms with Gasteiger partial charge in [0.25, 0.3) is 0 Å². The minimum atomic E-state index is -0.492. The lowest BCUT2D eigenvalue weighted by Gasteiger charge is -2.01. The molecule has 0 unspecified atom stereocenters. The van der Waals surface area contributed by atoms with Crippen molar-refractivity contribution in [3.8, 4) is 0 Å². The molecule has 0 aliphatic carbocycles. The molecule has 0 saturated heterocycles. The maximum absolute atomic E-state index is 10.8. The molecule has 0 atom stereocenters. The highest BCUT2D eigenvalue weighted by atomic mass is 16.6. The molecule has 0 radical (unpaired) electrons. The first kappa shape index (κ1) is 13.9. The molecule has 3 aromatic rings. The van der Waals surface area contributed by atoms with Crippen molar-refractivity contribution >= 4 is 22.9 Å². The van der Waals surface area contributed by atoms with Crippen molar-refractivity contribution in [3.05, 3.63) is 70.5 Å². The second kappa shape index (κ2) is 6.17. The molecule has 22 heavy (non-hydrogen) atoms. The zero-order valence-corrected chi connectivity index (χ0v) is 11.8. The number of nitrogens with zero attached hydrogens (tertiary/aromatic N) is 4. The lowest BCUT2D eigenvalue weighted by atomic mass is 10.1. The van der Waals surface area contributed by atoms with E-state index < -0.39 is 4.92 Å². The summed E-state index contributed by atoms with van der Waals surface area (Å²) < 4.78 is 1.49. The summed E-state index contributed by atoms with van der Waals surface area (Å²) in [6.07, 6.45) is 4.82. The van der Waals surface area contributed by atoms with E-state index in [2.05, 4.69) is 28.2 Å². The number of fused-ring (bicyclic) bond motifs is 1. The molecule has 0 spiro atoms. The Labute approximate surface area is 126 Å². The van der Waals surface area contributed by atoms with Crippen molar-refractivity contribution in [2.75, 3.05) is 6.54 Å². The van der Waals surface area contributed by atoms with Crippen LogP contribution in [-0.4, -0.2) is 27.2 Å². The number of hydrogen-bond donors (Lipinski definition) is 0. The van der Waals surface area contributed by atoms with Gasteiger partial charge in [-0.3, -0.25) is 4.99 Å². The standard InChI is InChI=1S/C16H14N4O2/c21-20(22)16-18-9-11-19(16)10-8-17-12-14-6-3-5-13-4-1-2-7-15(13)14/h1-7,9,11-12H,8,10H2. The van der Waals surface area contributed by atoms with Gasteiger partial charge in [-0.25, -0.2) is 4.57 Å². The molecule has 1 aromatic heterocycles. The third-order valence-electron chi connectivity index (χ3n) is 3.38. The molecular formula is C16H14N4O2. The molecule has 0 aliphatic rings. The van der Waals surface area contributed by atoms with Crippen molar-refractivity contribution in [1.29, 1.82) is 0 Å². The Bertz CT molecular complexity index is 834. The van der Waals surface area contributed by atoms with E-state index in [1.807, 2.05) is 30.5 Å². The van der Waals surface area contributed by atoms with Gasteiger partial charge in [-0.05, 0) is 15.7 Å². The minimum absolute atomic E-state index is 0.152. The molecule has 0 saturated carbocycles. The predicted octanol–water partition coefficient (Wildman–Crippen LogP) is 3.06. The first-order valence-corrected chi connectivity index (χ1v) is 6.89. The monoisotopic (exact) mass is 294 g/mol. The highest BCUT2D eigenvalue weighted by Gasteiger charge is 2.12. The van der Waals surface area contributed by atoms with Crippen LogP contribution in [0.1, 0.15) is 5.56 Å². The van der Waals surface area contributed by atoms with Crippen LogP contribution in [-0.2, 0) is 6.54 Å². The summed E-state index contributed by atoms with van der Waals surface area (Å²) >= 11 is 0. The SMILES string of the molecule is O=[N+]([O-])c1nccn1CCN=Cc1cccc2ccccc12. The summed E-state index contributed by atoms with van der Waals surface area (Å²) in [4.78, 5) is 18.4. The van der Waals surface area contributed by atoms with Crippen LogP contribution in [0.2, 0.25) is 0 Å². The number of imidazole rings is 1. The summed E-state index contributed by atoms with van der Waals surface area (Å²) in [5, 5.41) is 13.1. The third-order valence-corrected chi connectivity index (χ3v) is 3.38. The molecule has 0 bridgehead atoms. The van der Waals surface area contributed by atoms with E-state index >= 15 is 0 Å². The predicted molar refractivity (Wildman–Crippen MR) is 85.3 cm³/mol. The van der Waals surface area contributed by atoms with Crippen LogP contribution in [0.5, 0.6) is 0 Å². The Hall–Kier alpha value is -3.02. The van der Waals surface area contributed by atoms with Crippen LogP contribution >= 0.6 is 0 Å². The van der Waals surface area contributed by atoms with Crippen molar-refractivity contribution in [3.63, 3.8) is 0 Å². The zero-order chi connectivity index (χ0) is 15.4. The van der Waals surface area contributed by atoms with Crippen LogP contribution < -0.4 is 0 Å². The fraction of sp³-hybridized carbons (Fsp3) is 0.125. The van der Waals surface area contributed by atoms with E-state index in [9.17, 15) is 10.1 Å². The molecule has 6 nitrogen and oxygen atoms in total. The topological polar surface area (TPSA) is 73.3 Å². The van der Waals surface area contributed by atoms with Gasteiger partial charge in [0.2, 0.25) is 0 Å².